The van der Waals surface area contributed by atoms with Crippen LogP contribution in [0.2, 0.25) is 5.15 Å². The van der Waals surface area contributed by atoms with Crippen LogP contribution < -0.4 is 4.74 Å². The van der Waals surface area contributed by atoms with Gasteiger partial charge in [-0.1, -0.05) is 29.8 Å². The van der Waals surface area contributed by atoms with E-state index in [2.05, 4.69) is 10.00 Å². The lowest BCUT2D eigenvalue weighted by Crippen LogP contribution is -2.49. The maximum atomic E-state index is 12.9. The summed E-state index contributed by atoms with van der Waals surface area (Å²) in [6.07, 6.45) is 0. The maximum absolute atomic E-state index is 12.9. The second-order valence-corrected chi connectivity index (χ2v) is 8.47. The van der Waals surface area contributed by atoms with Gasteiger partial charge in [0.1, 0.15) is 22.4 Å². The number of hydrogen-bond acceptors (Lipinski definition) is 5. The highest BCUT2D eigenvalue weighted by Crippen LogP contribution is 2.27. The summed E-state index contributed by atoms with van der Waals surface area (Å²) in [5.41, 5.74) is 0.427. The molecule has 0 aliphatic carbocycles. The predicted molar refractivity (Wildman–Crippen MR) is 100 cm³/mol. The van der Waals surface area contributed by atoms with Crippen molar-refractivity contribution in [2.45, 2.75) is 11.8 Å². The van der Waals surface area contributed by atoms with Crippen LogP contribution in [0.4, 0.5) is 0 Å². The second kappa shape index (κ2) is 7.96. The highest BCUT2D eigenvalue weighted by Gasteiger charge is 2.33. The van der Waals surface area contributed by atoms with E-state index in [1.165, 1.54) is 8.99 Å². The molecule has 2 heterocycles. The van der Waals surface area contributed by atoms with Gasteiger partial charge in [0, 0.05) is 39.8 Å². The normalized spacial score (nSPS) is 16.7. The molecular weight excluding hydrogens is 376 g/mol. The van der Waals surface area contributed by atoms with Crippen LogP contribution in [-0.4, -0.2) is 66.7 Å². The number of nitrogens with zero attached hydrogens (tertiary/aromatic N) is 4. The molecule has 142 valence electrons. The number of rotatable bonds is 6. The predicted octanol–water partition coefficient (Wildman–Crippen LogP) is 1.77. The summed E-state index contributed by atoms with van der Waals surface area (Å²) in [6.45, 7) is 5.18. The monoisotopic (exact) mass is 398 g/mol. The van der Waals surface area contributed by atoms with E-state index in [1.54, 1.807) is 14.0 Å². The summed E-state index contributed by atoms with van der Waals surface area (Å²) in [4.78, 5) is 2.31. The zero-order valence-corrected chi connectivity index (χ0v) is 16.5. The molecule has 7 nitrogen and oxygen atoms in total. The van der Waals surface area contributed by atoms with E-state index in [4.69, 9.17) is 16.3 Å². The number of benzene rings is 1. The fourth-order valence-corrected chi connectivity index (χ4v) is 5.16. The number of ether oxygens (including phenoxy) is 1. The Hall–Kier alpha value is -1.61. The van der Waals surface area contributed by atoms with Gasteiger partial charge in [-0.25, -0.2) is 8.42 Å². The number of aromatic nitrogens is 2. The summed E-state index contributed by atoms with van der Waals surface area (Å²) in [6, 6.07) is 9.66. The first kappa shape index (κ1) is 19.2. The van der Waals surface area contributed by atoms with Crippen LogP contribution in [0.1, 0.15) is 5.69 Å². The Morgan fingerprint density at radius 3 is 2.38 bits per heavy atom. The highest BCUT2D eigenvalue weighted by molar-refractivity contribution is 7.89. The molecule has 0 saturated carbocycles. The lowest BCUT2D eigenvalue weighted by atomic mass is 10.3. The minimum atomic E-state index is -3.63. The Morgan fingerprint density at radius 1 is 1.15 bits per heavy atom. The molecule has 0 radical (unpaired) electrons. The fraction of sp³-hybridized carbons (Fsp3) is 0.471. The molecule has 9 heteroatoms. The SMILES string of the molecule is Cc1nn(C)c(Cl)c1S(=O)(=O)N1CCN(CCOc2ccccc2)CC1. The van der Waals surface area contributed by atoms with E-state index >= 15 is 0 Å². The number of piperazine rings is 1. The Bertz CT molecular complexity index is 846. The third kappa shape index (κ3) is 4.03. The van der Waals surface area contributed by atoms with E-state index in [-0.39, 0.29) is 10.0 Å². The topological polar surface area (TPSA) is 67.7 Å². The third-order valence-electron chi connectivity index (χ3n) is 4.45. The molecule has 2 aromatic rings. The molecule has 1 fully saturated rings. The quantitative estimate of drug-likeness (QED) is 0.741. The van der Waals surface area contributed by atoms with Gasteiger partial charge >= 0.3 is 0 Å². The number of aryl methyl sites for hydroxylation is 2. The van der Waals surface area contributed by atoms with Crippen molar-refractivity contribution in [3.05, 3.63) is 41.2 Å². The first-order valence-corrected chi connectivity index (χ1v) is 10.3. The van der Waals surface area contributed by atoms with Crippen molar-refractivity contribution in [1.82, 2.24) is 19.0 Å². The summed E-state index contributed by atoms with van der Waals surface area (Å²) < 4.78 is 34.4. The van der Waals surface area contributed by atoms with Crippen molar-refractivity contribution in [3.63, 3.8) is 0 Å². The fourth-order valence-electron chi connectivity index (χ4n) is 3.04. The highest BCUT2D eigenvalue weighted by atomic mass is 35.5. The molecule has 26 heavy (non-hydrogen) atoms. The van der Waals surface area contributed by atoms with Gasteiger partial charge in [0.25, 0.3) is 0 Å². The molecule has 0 spiro atoms. The van der Waals surface area contributed by atoms with Gasteiger partial charge in [-0.3, -0.25) is 9.58 Å². The molecule has 0 bridgehead atoms. The van der Waals surface area contributed by atoms with Gasteiger partial charge in [0.2, 0.25) is 10.0 Å². The van der Waals surface area contributed by atoms with Crippen molar-refractivity contribution in [2.75, 3.05) is 39.3 Å². The van der Waals surface area contributed by atoms with E-state index in [0.717, 1.165) is 12.3 Å². The molecule has 0 N–H and O–H groups in total. The van der Waals surface area contributed by atoms with E-state index < -0.39 is 10.0 Å². The smallest absolute Gasteiger partial charge is 0.248 e. The Balaban J connectivity index is 1.54. The average molecular weight is 399 g/mol. The van der Waals surface area contributed by atoms with Gasteiger partial charge in [-0.2, -0.15) is 9.40 Å². The van der Waals surface area contributed by atoms with Gasteiger partial charge in [-0.05, 0) is 19.1 Å². The molecule has 1 aliphatic heterocycles. The molecule has 1 aromatic heterocycles. The van der Waals surface area contributed by atoms with E-state index in [1.807, 2.05) is 30.3 Å². The molecule has 1 aromatic carbocycles. The van der Waals surface area contributed by atoms with Crippen LogP contribution in [0, 0.1) is 6.92 Å². The largest absolute Gasteiger partial charge is 0.492 e. The van der Waals surface area contributed by atoms with E-state index in [9.17, 15) is 8.42 Å². The standard InChI is InChI=1S/C17H23ClN4O3S/c1-14-16(17(18)20(2)19-14)26(23,24)22-10-8-21(9-11-22)12-13-25-15-6-4-3-5-7-15/h3-7H,8-13H2,1-2H3. The lowest BCUT2D eigenvalue weighted by molar-refractivity contribution is 0.159. The summed E-state index contributed by atoms with van der Waals surface area (Å²) >= 11 is 6.14. The van der Waals surface area contributed by atoms with Gasteiger partial charge in [0.05, 0.1) is 5.69 Å². The number of para-hydroxylation sites is 1. The van der Waals surface area contributed by atoms with Crippen LogP contribution in [0.25, 0.3) is 0 Å². The van der Waals surface area contributed by atoms with Crippen molar-refractivity contribution in [1.29, 1.82) is 0 Å². The van der Waals surface area contributed by atoms with Gasteiger partial charge in [0.15, 0.2) is 0 Å². The number of hydrogen-bond donors (Lipinski definition) is 0. The summed E-state index contributed by atoms with van der Waals surface area (Å²) in [7, 11) is -1.99. The number of halogens is 1. The van der Waals surface area contributed by atoms with Crippen molar-refractivity contribution in [2.24, 2.45) is 7.05 Å². The van der Waals surface area contributed by atoms with Crippen LogP contribution in [-0.2, 0) is 17.1 Å². The van der Waals surface area contributed by atoms with Crippen LogP contribution in [0.15, 0.2) is 35.2 Å². The molecule has 1 saturated heterocycles. The van der Waals surface area contributed by atoms with Crippen LogP contribution >= 0.6 is 11.6 Å². The van der Waals surface area contributed by atoms with Crippen molar-refractivity contribution < 1.29 is 13.2 Å². The van der Waals surface area contributed by atoms with Crippen LogP contribution in [0.3, 0.4) is 0 Å². The Labute approximate surface area is 159 Å². The maximum Gasteiger partial charge on any atom is 0.248 e. The molecule has 0 amide bonds. The first-order valence-electron chi connectivity index (χ1n) is 8.49. The lowest BCUT2D eigenvalue weighted by Gasteiger charge is -2.33. The summed E-state index contributed by atoms with van der Waals surface area (Å²) in [5, 5.41) is 4.26. The minimum absolute atomic E-state index is 0.113. The zero-order valence-electron chi connectivity index (χ0n) is 14.9. The zero-order chi connectivity index (χ0) is 18.7. The Morgan fingerprint density at radius 2 is 1.81 bits per heavy atom. The second-order valence-electron chi connectivity index (χ2n) is 6.24. The third-order valence-corrected chi connectivity index (χ3v) is 7.04. The molecule has 1 aliphatic rings. The molecule has 0 atom stereocenters. The first-order chi connectivity index (χ1) is 12.4. The molecule has 0 unspecified atom stereocenters. The Kier molecular flexibility index (Phi) is 5.86. The van der Waals surface area contributed by atoms with Gasteiger partial charge in [-0.15, -0.1) is 0 Å². The summed E-state index contributed by atoms with van der Waals surface area (Å²) in [5.74, 6) is 0.843. The molecule has 3 rings (SSSR count). The average Bonchev–Trinajstić information content (AvgIpc) is 2.89. The minimum Gasteiger partial charge on any atom is -0.492 e. The number of sulfonamides is 1. The molecular formula is C17H23ClN4O3S. The van der Waals surface area contributed by atoms with Crippen LogP contribution in [0.5, 0.6) is 5.75 Å². The van der Waals surface area contributed by atoms with E-state index in [0.29, 0.717) is 38.5 Å². The van der Waals surface area contributed by atoms with Crippen molar-refractivity contribution in [3.8, 4) is 5.75 Å². The van der Waals surface area contributed by atoms with Gasteiger partial charge < -0.3 is 4.74 Å². The van der Waals surface area contributed by atoms with Crippen molar-refractivity contribution >= 4 is 21.6 Å².